The number of aromatic nitrogens is 1. The molecule has 0 unspecified atom stereocenters. The van der Waals surface area contributed by atoms with Gasteiger partial charge < -0.3 is 4.52 Å². The Kier molecular flexibility index (Phi) is 4.47. The summed E-state index contributed by atoms with van der Waals surface area (Å²) in [7, 11) is -3.63. The van der Waals surface area contributed by atoms with Crippen LogP contribution in [0.2, 0.25) is 0 Å². The van der Waals surface area contributed by atoms with Crippen molar-refractivity contribution in [2.45, 2.75) is 31.4 Å². The van der Waals surface area contributed by atoms with Gasteiger partial charge in [-0.1, -0.05) is 18.1 Å². The molecule has 0 bridgehead atoms. The van der Waals surface area contributed by atoms with Gasteiger partial charge in [0.1, 0.15) is 4.21 Å². The second kappa shape index (κ2) is 6.41. The van der Waals surface area contributed by atoms with Crippen molar-refractivity contribution < 1.29 is 12.9 Å². The number of hydrogen-bond donors (Lipinski definition) is 1. The van der Waals surface area contributed by atoms with Gasteiger partial charge in [0, 0.05) is 22.7 Å². The normalized spacial score (nSPS) is 11.6. The SMILES string of the molecule is CCc1cc(-c2csc(S(=O)(=O)Nc3cc(C)cc(C)c3)c2)on1. The van der Waals surface area contributed by atoms with Crippen LogP contribution in [0.4, 0.5) is 5.69 Å². The minimum atomic E-state index is -3.63. The molecule has 2 aromatic heterocycles. The number of sulfonamides is 1. The summed E-state index contributed by atoms with van der Waals surface area (Å²) in [6, 6.07) is 9.05. The summed E-state index contributed by atoms with van der Waals surface area (Å²) in [5.41, 5.74) is 4.14. The second-order valence-electron chi connectivity index (χ2n) is 5.67. The van der Waals surface area contributed by atoms with Gasteiger partial charge in [0.15, 0.2) is 5.76 Å². The van der Waals surface area contributed by atoms with E-state index in [4.69, 9.17) is 4.52 Å². The van der Waals surface area contributed by atoms with Gasteiger partial charge in [-0.25, -0.2) is 8.42 Å². The molecule has 7 heteroatoms. The Morgan fingerprint density at radius 3 is 2.46 bits per heavy atom. The lowest BCUT2D eigenvalue weighted by molar-refractivity contribution is 0.424. The van der Waals surface area contributed by atoms with Crippen molar-refractivity contribution in [3.8, 4) is 11.3 Å². The fraction of sp³-hybridized carbons (Fsp3) is 0.235. The molecule has 3 aromatic rings. The van der Waals surface area contributed by atoms with E-state index in [9.17, 15) is 8.42 Å². The number of nitrogens with zero attached hydrogens (tertiary/aromatic N) is 1. The van der Waals surface area contributed by atoms with E-state index in [0.717, 1.165) is 34.6 Å². The van der Waals surface area contributed by atoms with Gasteiger partial charge >= 0.3 is 0 Å². The van der Waals surface area contributed by atoms with Crippen LogP contribution in [0.5, 0.6) is 0 Å². The third kappa shape index (κ3) is 3.52. The molecule has 3 rings (SSSR count). The third-order valence-corrected chi connectivity index (χ3v) is 6.34. The van der Waals surface area contributed by atoms with Crippen molar-refractivity contribution in [2.24, 2.45) is 0 Å². The quantitative estimate of drug-likeness (QED) is 0.731. The molecule has 0 saturated heterocycles. The fourth-order valence-electron chi connectivity index (χ4n) is 2.44. The smallest absolute Gasteiger partial charge is 0.271 e. The number of hydrogen-bond acceptors (Lipinski definition) is 5. The molecule has 0 radical (unpaired) electrons. The lowest BCUT2D eigenvalue weighted by atomic mass is 10.1. The van der Waals surface area contributed by atoms with Gasteiger partial charge in [-0.2, -0.15) is 0 Å². The summed E-state index contributed by atoms with van der Waals surface area (Å²) in [5, 5.41) is 5.69. The number of thiophene rings is 1. The molecule has 1 aromatic carbocycles. The molecular formula is C17H18N2O3S2. The summed E-state index contributed by atoms with van der Waals surface area (Å²) >= 11 is 1.16. The average molecular weight is 362 g/mol. The van der Waals surface area contributed by atoms with Crippen LogP contribution in [0.1, 0.15) is 23.7 Å². The van der Waals surface area contributed by atoms with Crippen LogP contribution in [-0.2, 0) is 16.4 Å². The summed E-state index contributed by atoms with van der Waals surface area (Å²) in [4.78, 5) is 0. The van der Waals surface area contributed by atoms with Crippen molar-refractivity contribution >= 4 is 27.0 Å². The summed E-state index contributed by atoms with van der Waals surface area (Å²) < 4.78 is 33.3. The van der Waals surface area contributed by atoms with Gasteiger partial charge in [0.25, 0.3) is 10.0 Å². The fourth-order valence-corrected chi connectivity index (χ4v) is 4.65. The Morgan fingerprint density at radius 1 is 1.12 bits per heavy atom. The topological polar surface area (TPSA) is 72.2 Å². The molecule has 1 N–H and O–H groups in total. The first kappa shape index (κ1) is 16.7. The Hall–Kier alpha value is -2.12. The molecule has 0 aliphatic heterocycles. The van der Waals surface area contributed by atoms with E-state index in [1.165, 1.54) is 0 Å². The van der Waals surface area contributed by atoms with E-state index in [1.807, 2.05) is 45.0 Å². The molecule has 0 spiro atoms. The molecule has 0 atom stereocenters. The predicted molar refractivity (Wildman–Crippen MR) is 95.9 cm³/mol. The zero-order valence-corrected chi connectivity index (χ0v) is 15.3. The molecule has 0 saturated carbocycles. The van der Waals surface area contributed by atoms with Crippen LogP contribution in [0.3, 0.4) is 0 Å². The highest BCUT2D eigenvalue weighted by atomic mass is 32.2. The number of rotatable bonds is 5. The number of aryl methyl sites for hydroxylation is 3. The largest absolute Gasteiger partial charge is 0.356 e. The second-order valence-corrected chi connectivity index (χ2v) is 8.49. The van der Waals surface area contributed by atoms with E-state index < -0.39 is 10.0 Å². The number of nitrogens with one attached hydrogen (secondary N) is 1. The summed E-state index contributed by atoms with van der Waals surface area (Å²) in [5.74, 6) is 0.580. The maximum absolute atomic E-state index is 12.6. The number of benzene rings is 1. The van der Waals surface area contributed by atoms with Gasteiger partial charge in [-0.15, -0.1) is 11.3 Å². The maximum atomic E-state index is 12.6. The van der Waals surface area contributed by atoms with E-state index in [0.29, 0.717) is 17.0 Å². The molecule has 5 nitrogen and oxygen atoms in total. The first-order chi connectivity index (χ1) is 11.4. The number of anilines is 1. The minimum absolute atomic E-state index is 0.242. The zero-order chi connectivity index (χ0) is 17.3. The predicted octanol–water partition coefficient (Wildman–Crippen LogP) is 4.38. The van der Waals surface area contributed by atoms with Gasteiger partial charge in [-0.3, -0.25) is 4.72 Å². The molecule has 126 valence electrons. The first-order valence-electron chi connectivity index (χ1n) is 7.53. The highest BCUT2D eigenvalue weighted by Gasteiger charge is 2.19. The van der Waals surface area contributed by atoms with Crippen LogP contribution >= 0.6 is 11.3 Å². The molecule has 2 heterocycles. The Labute approximate surface area is 145 Å². The van der Waals surface area contributed by atoms with Gasteiger partial charge in [0.2, 0.25) is 0 Å². The van der Waals surface area contributed by atoms with E-state index in [2.05, 4.69) is 9.88 Å². The zero-order valence-electron chi connectivity index (χ0n) is 13.7. The third-order valence-electron chi connectivity index (χ3n) is 3.52. The van der Waals surface area contributed by atoms with Gasteiger partial charge in [-0.05, 0) is 49.6 Å². The summed E-state index contributed by atoms with van der Waals surface area (Å²) in [6.45, 7) is 5.85. The Balaban J connectivity index is 1.87. The van der Waals surface area contributed by atoms with E-state index in [1.54, 1.807) is 11.4 Å². The lowest BCUT2D eigenvalue weighted by Crippen LogP contribution is -2.11. The van der Waals surface area contributed by atoms with Crippen molar-refractivity contribution in [1.29, 1.82) is 0 Å². The molecule has 24 heavy (non-hydrogen) atoms. The monoisotopic (exact) mass is 362 g/mol. The van der Waals surface area contributed by atoms with Crippen molar-refractivity contribution in [3.63, 3.8) is 0 Å². The van der Waals surface area contributed by atoms with Crippen LogP contribution < -0.4 is 4.72 Å². The van der Waals surface area contributed by atoms with Crippen LogP contribution in [0.15, 0.2) is 44.4 Å². The minimum Gasteiger partial charge on any atom is -0.356 e. The Morgan fingerprint density at radius 2 is 1.83 bits per heavy atom. The standard InChI is InChI=1S/C17H18N2O3S2/c1-4-14-9-16(22-18-14)13-8-17(23-10-13)24(20,21)19-15-6-11(2)5-12(3)7-15/h5-10,19H,4H2,1-3H3. The van der Waals surface area contributed by atoms with E-state index in [-0.39, 0.29) is 4.21 Å². The lowest BCUT2D eigenvalue weighted by Gasteiger charge is -2.08. The molecule has 0 aliphatic rings. The summed E-state index contributed by atoms with van der Waals surface area (Å²) in [6.07, 6.45) is 0.771. The van der Waals surface area contributed by atoms with E-state index >= 15 is 0 Å². The van der Waals surface area contributed by atoms with Crippen LogP contribution in [0.25, 0.3) is 11.3 Å². The molecule has 0 aliphatic carbocycles. The Bertz CT molecular complexity index is 951. The first-order valence-corrected chi connectivity index (χ1v) is 9.89. The van der Waals surface area contributed by atoms with Crippen LogP contribution in [-0.4, -0.2) is 13.6 Å². The average Bonchev–Trinajstić information content (AvgIpc) is 3.15. The highest BCUT2D eigenvalue weighted by Crippen LogP contribution is 2.30. The molecule has 0 fully saturated rings. The molecule has 0 amide bonds. The van der Waals surface area contributed by atoms with Gasteiger partial charge in [0.05, 0.1) is 5.69 Å². The highest BCUT2D eigenvalue weighted by molar-refractivity contribution is 7.94. The van der Waals surface area contributed by atoms with Crippen molar-refractivity contribution in [1.82, 2.24) is 5.16 Å². The van der Waals surface area contributed by atoms with Crippen molar-refractivity contribution in [2.75, 3.05) is 4.72 Å². The van der Waals surface area contributed by atoms with Crippen molar-refractivity contribution in [3.05, 3.63) is 52.5 Å². The molecular weight excluding hydrogens is 344 g/mol. The van der Waals surface area contributed by atoms with Crippen LogP contribution in [0, 0.1) is 13.8 Å². The maximum Gasteiger partial charge on any atom is 0.271 e.